The van der Waals surface area contributed by atoms with Crippen LogP contribution in [0.4, 0.5) is 11.4 Å². The van der Waals surface area contributed by atoms with Gasteiger partial charge < -0.3 is 10.5 Å². The minimum atomic E-state index is -0.267. The molecular formula is C23H16N8O. The second-order valence-electron chi connectivity index (χ2n) is 6.58. The molecule has 0 bridgehead atoms. The number of hydrazone groups is 1. The van der Waals surface area contributed by atoms with Crippen molar-refractivity contribution in [1.82, 2.24) is 15.2 Å². The highest BCUT2D eigenvalue weighted by Crippen LogP contribution is 2.27. The van der Waals surface area contributed by atoms with E-state index in [1.807, 2.05) is 30.3 Å². The lowest BCUT2D eigenvalue weighted by Gasteiger charge is -2.07. The van der Waals surface area contributed by atoms with E-state index >= 15 is 0 Å². The van der Waals surface area contributed by atoms with Gasteiger partial charge in [-0.25, -0.2) is 4.98 Å². The normalized spacial score (nSPS) is 9.94. The Bertz CT molecular complexity index is 1340. The Balaban J connectivity index is 1.54. The number of ether oxygens (including phenoxy) is 1. The first-order chi connectivity index (χ1) is 15.6. The lowest BCUT2D eigenvalue weighted by molar-refractivity contribution is 0.483. The van der Waals surface area contributed by atoms with E-state index in [0.717, 1.165) is 11.1 Å². The van der Waals surface area contributed by atoms with Crippen molar-refractivity contribution in [3.8, 4) is 46.4 Å². The molecule has 9 nitrogen and oxygen atoms in total. The number of hydrogen-bond acceptors (Lipinski definition) is 8. The zero-order chi connectivity index (χ0) is 22.3. The van der Waals surface area contributed by atoms with Crippen LogP contribution in [0.1, 0.15) is 0 Å². The lowest BCUT2D eigenvalue weighted by Crippen LogP contribution is -1.96. The van der Waals surface area contributed by atoms with E-state index in [1.165, 1.54) is 0 Å². The molecule has 32 heavy (non-hydrogen) atoms. The molecule has 0 aliphatic carbocycles. The van der Waals surface area contributed by atoms with Crippen molar-refractivity contribution < 1.29 is 4.74 Å². The Morgan fingerprint density at radius 2 is 1.69 bits per heavy atom. The molecule has 0 saturated carbocycles. The highest BCUT2D eigenvalue weighted by Gasteiger charge is 2.10. The molecule has 3 aromatic carbocycles. The van der Waals surface area contributed by atoms with Crippen molar-refractivity contribution in [2.24, 2.45) is 5.10 Å². The van der Waals surface area contributed by atoms with Gasteiger partial charge in [0.15, 0.2) is 11.6 Å². The van der Waals surface area contributed by atoms with E-state index < -0.39 is 0 Å². The maximum atomic E-state index is 8.78. The third-order valence-electron chi connectivity index (χ3n) is 4.34. The summed E-state index contributed by atoms with van der Waals surface area (Å²) in [5.74, 6) is 2.39. The number of anilines is 2. The van der Waals surface area contributed by atoms with Gasteiger partial charge in [-0.05, 0) is 48.5 Å². The number of aromatic nitrogens is 3. The first-order valence-corrected chi connectivity index (χ1v) is 9.45. The van der Waals surface area contributed by atoms with Crippen molar-refractivity contribution in [3.05, 3.63) is 72.8 Å². The van der Waals surface area contributed by atoms with E-state index in [-0.39, 0.29) is 5.71 Å². The Hall–Kier alpha value is -5.15. The minimum absolute atomic E-state index is 0.267. The summed E-state index contributed by atoms with van der Waals surface area (Å²) in [6.45, 7) is 0. The molecule has 4 aromatic rings. The Morgan fingerprint density at radius 3 is 2.47 bits per heavy atom. The fourth-order valence-corrected chi connectivity index (χ4v) is 2.82. The largest absolute Gasteiger partial charge is 0.457 e. The third kappa shape index (κ3) is 4.70. The van der Waals surface area contributed by atoms with Crippen LogP contribution in [0, 0.1) is 22.7 Å². The zero-order valence-electron chi connectivity index (χ0n) is 16.6. The SMILES string of the molecule is N#CC(C#N)=NNc1cccc(-c2n[nH]c(-c3cccc(Oc4ccc(N)cc4)c3)n2)c1. The van der Waals surface area contributed by atoms with Crippen LogP contribution in [0.2, 0.25) is 0 Å². The number of rotatable bonds is 6. The average Bonchev–Trinajstić information content (AvgIpc) is 3.32. The Kier molecular flexibility index (Phi) is 5.74. The van der Waals surface area contributed by atoms with Gasteiger partial charge >= 0.3 is 0 Å². The van der Waals surface area contributed by atoms with Crippen LogP contribution in [0.15, 0.2) is 77.9 Å². The molecular weight excluding hydrogens is 404 g/mol. The first-order valence-electron chi connectivity index (χ1n) is 9.45. The molecule has 9 heteroatoms. The predicted molar refractivity (Wildman–Crippen MR) is 120 cm³/mol. The standard InChI is InChI=1S/C23H16N8O/c24-13-19(14-25)29-28-18-5-1-3-15(11-18)22-27-23(31-30-22)16-4-2-6-21(12-16)32-20-9-7-17(26)8-10-20/h1-12,28H,26H2,(H,27,30,31). The number of nitriles is 2. The summed E-state index contributed by atoms with van der Waals surface area (Å²) in [5, 5.41) is 28.5. The molecule has 0 amide bonds. The number of nitrogens with one attached hydrogen (secondary N) is 2. The molecule has 0 aliphatic rings. The monoisotopic (exact) mass is 420 g/mol. The fraction of sp³-hybridized carbons (Fsp3) is 0. The van der Waals surface area contributed by atoms with Gasteiger partial charge in [-0.3, -0.25) is 10.5 Å². The molecule has 0 spiro atoms. The summed E-state index contributed by atoms with van der Waals surface area (Å²) in [6, 6.07) is 25.2. The number of nitrogens with two attached hydrogens (primary N) is 1. The smallest absolute Gasteiger partial charge is 0.237 e. The molecule has 4 N–H and O–H groups in total. The summed E-state index contributed by atoms with van der Waals surface area (Å²) < 4.78 is 5.88. The van der Waals surface area contributed by atoms with E-state index in [9.17, 15) is 0 Å². The second kappa shape index (κ2) is 9.11. The number of nitrogens with zero attached hydrogens (tertiary/aromatic N) is 5. The van der Waals surface area contributed by atoms with E-state index in [4.69, 9.17) is 21.0 Å². The van der Waals surface area contributed by atoms with Gasteiger partial charge in [0.2, 0.25) is 5.71 Å². The summed E-state index contributed by atoms with van der Waals surface area (Å²) >= 11 is 0. The molecule has 4 rings (SSSR count). The van der Waals surface area contributed by atoms with Crippen molar-refractivity contribution in [2.75, 3.05) is 11.2 Å². The molecule has 0 fully saturated rings. The molecule has 0 unspecified atom stereocenters. The quantitative estimate of drug-likeness (QED) is 0.239. The maximum absolute atomic E-state index is 8.78. The van der Waals surface area contributed by atoms with Crippen LogP contribution >= 0.6 is 0 Å². The maximum Gasteiger partial charge on any atom is 0.237 e. The van der Waals surface area contributed by atoms with Crippen LogP contribution in [-0.4, -0.2) is 20.9 Å². The Labute approximate surface area is 183 Å². The van der Waals surface area contributed by atoms with Crippen molar-refractivity contribution in [2.45, 2.75) is 0 Å². The molecule has 1 heterocycles. The van der Waals surface area contributed by atoms with Gasteiger partial charge in [0.05, 0.1) is 5.69 Å². The zero-order valence-corrected chi connectivity index (χ0v) is 16.6. The molecule has 0 aliphatic heterocycles. The third-order valence-corrected chi connectivity index (χ3v) is 4.34. The van der Waals surface area contributed by atoms with Crippen LogP contribution in [0.5, 0.6) is 11.5 Å². The van der Waals surface area contributed by atoms with E-state index in [1.54, 1.807) is 54.6 Å². The summed E-state index contributed by atoms with van der Waals surface area (Å²) in [6.07, 6.45) is 0. The molecule has 0 saturated heterocycles. The van der Waals surface area contributed by atoms with Crippen molar-refractivity contribution in [1.29, 1.82) is 10.5 Å². The number of nitrogen functional groups attached to an aromatic ring is 1. The van der Waals surface area contributed by atoms with Crippen LogP contribution in [-0.2, 0) is 0 Å². The molecule has 1 aromatic heterocycles. The summed E-state index contributed by atoms with van der Waals surface area (Å²) in [5.41, 5.74) is 10.9. The van der Waals surface area contributed by atoms with Gasteiger partial charge in [0.1, 0.15) is 23.6 Å². The van der Waals surface area contributed by atoms with Gasteiger partial charge in [0, 0.05) is 16.8 Å². The van der Waals surface area contributed by atoms with Crippen molar-refractivity contribution in [3.63, 3.8) is 0 Å². The number of benzene rings is 3. The Morgan fingerprint density at radius 1 is 0.938 bits per heavy atom. The molecule has 0 radical (unpaired) electrons. The van der Waals surface area contributed by atoms with E-state index in [0.29, 0.717) is 34.5 Å². The van der Waals surface area contributed by atoms with Crippen LogP contribution in [0.25, 0.3) is 22.8 Å². The second-order valence-corrected chi connectivity index (χ2v) is 6.58. The van der Waals surface area contributed by atoms with Crippen molar-refractivity contribution >= 4 is 17.1 Å². The van der Waals surface area contributed by atoms with Gasteiger partial charge in [-0.2, -0.15) is 20.7 Å². The summed E-state index contributed by atoms with van der Waals surface area (Å²) in [7, 11) is 0. The average molecular weight is 420 g/mol. The van der Waals surface area contributed by atoms with Crippen LogP contribution in [0.3, 0.4) is 0 Å². The molecule has 154 valence electrons. The predicted octanol–water partition coefficient (Wildman–Crippen LogP) is 4.33. The molecule has 0 atom stereocenters. The number of hydrogen-bond donors (Lipinski definition) is 3. The van der Waals surface area contributed by atoms with Gasteiger partial charge in [0.25, 0.3) is 0 Å². The minimum Gasteiger partial charge on any atom is -0.457 e. The van der Waals surface area contributed by atoms with Gasteiger partial charge in [-0.15, -0.1) is 0 Å². The highest BCUT2D eigenvalue weighted by molar-refractivity contribution is 6.10. The number of aromatic amines is 1. The lowest BCUT2D eigenvalue weighted by atomic mass is 10.2. The van der Waals surface area contributed by atoms with E-state index in [2.05, 4.69) is 25.7 Å². The highest BCUT2D eigenvalue weighted by atomic mass is 16.5. The van der Waals surface area contributed by atoms with Crippen LogP contribution < -0.4 is 15.9 Å². The summed E-state index contributed by atoms with van der Waals surface area (Å²) in [4.78, 5) is 4.57. The topological polar surface area (TPSA) is 149 Å². The number of H-pyrrole nitrogens is 1. The fourth-order valence-electron chi connectivity index (χ4n) is 2.82. The van der Waals surface area contributed by atoms with Gasteiger partial charge in [-0.1, -0.05) is 24.3 Å². The first kappa shape index (κ1) is 20.1.